The van der Waals surface area contributed by atoms with Crippen LogP contribution in [0.1, 0.15) is 26.3 Å². The lowest BCUT2D eigenvalue weighted by atomic mass is 10.0. The maximum Gasteiger partial charge on any atom is 0.148 e. The quantitative estimate of drug-likeness (QED) is 0.713. The highest BCUT2D eigenvalue weighted by Crippen LogP contribution is 2.32. The van der Waals surface area contributed by atoms with Crippen LogP contribution >= 0.6 is 0 Å². The number of nitrogens with one attached hydrogen (secondary N) is 1. The topological polar surface area (TPSA) is 53.8 Å². The lowest BCUT2D eigenvalue weighted by molar-refractivity contribution is 0.143. The van der Waals surface area contributed by atoms with Crippen molar-refractivity contribution in [3.05, 3.63) is 42.1 Å². The smallest absolute Gasteiger partial charge is 0.148 e. The van der Waals surface area contributed by atoms with Crippen LogP contribution in [-0.2, 0) is 6.54 Å². The molecule has 5 heteroatoms. The number of benzene rings is 1. The van der Waals surface area contributed by atoms with E-state index in [0.717, 1.165) is 16.5 Å². The summed E-state index contributed by atoms with van der Waals surface area (Å²) in [5, 5.41) is 17.3. The fourth-order valence-electron chi connectivity index (χ4n) is 2.56. The molecule has 23 heavy (non-hydrogen) atoms. The van der Waals surface area contributed by atoms with Crippen molar-refractivity contribution in [2.75, 3.05) is 0 Å². The van der Waals surface area contributed by atoms with E-state index in [-0.39, 0.29) is 5.82 Å². The molecule has 0 saturated heterocycles. The third kappa shape index (κ3) is 2.99. The Morgan fingerprint density at radius 1 is 1.39 bits per heavy atom. The number of fused-ring (bicyclic) bond motifs is 1. The number of halogens is 1. The fraction of sp³-hybridized carbons (Fsp3) is 0.278. The van der Waals surface area contributed by atoms with Crippen molar-refractivity contribution in [2.24, 2.45) is 0 Å². The molecule has 2 heterocycles. The first-order valence-corrected chi connectivity index (χ1v) is 7.46. The third-order valence-corrected chi connectivity index (χ3v) is 3.59. The van der Waals surface area contributed by atoms with Crippen LogP contribution in [0, 0.1) is 17.7 Å². The molecule has 2 N–H and O–H groups in total. The Morgan fingerprint density at radius 3 is 2.78 bits per heavy atom. The molecule has 0 unspecified atom stereocenters. The first-order valence-electron chi connectivity index (χ1n) is 7.46. The Hall–Kier alpha value is -2.58. The van der Waals surface area contributed by atoms with Crippen molar-refractivity contribution in [2.45, 2.75) is 32.9 Å². The van der Waals surface area contributed by atoms with Gasteiger partial charge in [0.15, 0.2) is 0 Å². The summed E-state index contributed by atoms with van der Waals surface area (Å²) in [5.74, 6) is 5.24. The molecule has 0 saturated carbocycles. The van der Waals surface area contributed by atoms with Gasteiger partial charge in [0.25, 0.3) is 0 Å². The Balaban J connectivity index is 2.25. The second kappa shape index (κ2) is 5.56. The molecule has 0 fully saturated rings. The lowest BCUT2D eigenvalue weighted by Gasteiger charge is -2.06. The van der Waals surface area contributed by atoms with Crippen LogP contribution in [0.5, 0.6) is 0 Å². The predicted molar refractivity (Wildman–Crippen MR) is 88.3 cm³/mol. The molecule has 1 aromatic carbocycles. The van der Waals surface area contributed by atoms with Crippen molar-refractivity contribution in [3.8, 4) is 23.0 Å². The molecule has 0 radical (unpaired) electrons. The number of aromatic nitrogens is 3. The van der Waals surface area contributed by atoms with Crippen molar-refractivity contribution >= 4 is 10.9 Å². The number of rotatable bonds is 2. The van der Waals surface area contributed by atoms with Gasteiger partial charge in [-0.2, -0.15) is 5.10 Å². The third-order valence-electron chi connectivity index (χ3n) is 3.59. The Bertz CT molecular complexity index is 906. The number of aryl methyl sites for hydroxylation is 1. The molecule has 3 rings (SSSR count). The van der Waals surface area contributed by atoms with E-state index in [1.54, 1.807) is 26.2 Å². The molecule has 2 aromatic heterocycles. The molecule has 118 valence electrons. The fourth-order valence-corrected chi connectivity index (χ4v) is 2.56. The molecule has 0 aliphatic carbocycles. The van der Waals surface area contributed by atoms with E-state index in [1.807, 2.05) is 23.8 Å². The van der Waals surface area contributed by atoms with Crippen LogP contribution in [0.4, 0.5) is 4.39 Å². The summed E-state index contributed by atoms with van der Waals surface area (Å²) < 4.78 is 16.5. The Kier molecular flexibility index (Phi) is 3.70. The summed E-state index contributed by atoms with van der Waals surface area (Å²) in [7, 11) is 0. The van der Waals surface area contributed by atoms with Gasteiger partial charge >= 0.3 is 0 Å². The molecule has 4 nitrogen and oxygen atoms in total. The van der Waals surface area contributed by atoms with E-state index in [9.17, 15) is 9.50 Å². The van der Waals surface area contributed by atoms with Gasteiger partial charge < -0.3 is 9.67 Å². The lowest BCUT2D eigenvalue weighted by Crippen LogP contribution is -2.14. The second-order valence-corrected chi connectivity index (χ2v) is 5.98. The van der Waals surface area contributed by atoms with Gasteiger partial charge in [-0.05, 0) is 32.9 Å². The van der Waals surface area contributed by atoms with E-state index < -0.39 is 5.60 Å². The van der Waals surface area contributed by atoms with Gasteiger partial charge in [0.2, 0.25) is 0 Å². The molecule has 0 atom stereocenters. The normalized spacial score (nSPS) is 11.5. The number of hydrogen-bond acceptors (Lipinski definition) is 2. The van der Waals surface area contributed by atoms with Crippen LogP contribution in [-0.4, -0.2) is 25.5 Å². The van der Waals surface area contributed by atoms with E-state index in [1.165, 1.54) is 6.07 Å². The van der Waals surface area contributed by atoms with Gasteiger partial charge in [-0.1, -0.05) is 11.8 Å². The van der Waals surface area contributed by atoms with Gasteiger partial charge in [0.05, 0.1) is 11.7 Å². The summed E-state index contributed by atoms with van der Waals surface area (Å²) >= 11 is 0. The van der Waals surface area contributed by atoms with Gasteiger partial charge in [0, 0.05) is 41.0 Å². The molecule has 0 aliphatic heterocycles. The number of hydrogen-bond donors (Lipinski definition) is 2. The van der Waals surface area contributed by atoms with Crippen LogP contribution in [0.2, 0.25) is 0 Å². The van der Waals surface area contributed by atoms with E-state index in [4.69, 9.17) is 0 Å². The zero-order valence-corrected chi connectivity index (χ0v) is 13.3. The van der Waals surface area contributed by atoms with Crippen LogP contribution in [0.3, 0.4) is 0 Å². The average Bonchev–Trinajstić information content (AvgIpc) is 3.11. The van der Waals surface area contributed by atoms with Crippen LogP contribution in [0.15, 0.2) is 30.7 Å². The zero-order chi connectivity index (χ0) is 16.6. The van der Waals surface area contributed by atoms with Crippen molar-refractivity contribution in [1.82, 2.24) is 14.8 Å². The minimum absolute atomic E-state index is 0.320. The largest absolute Gasteiger partial charge is 0.378 e. The zero-order valence-electron chi connectivity index (χ0n) is 13.3. The highest BCUT2D eigenvalue weighted by atomic mass is 19.1. The van der Waals surface area contributed by atoms with Crippen molar-refractivity contribution in [3.63, 3.8) is 0 Å². The van der Waals surface area contributed by atoms with E-state index >= 15 is 0 Å². The number of aliphatic hydroxyl groups is 1. The molecular weight excluding hydrogens is 293 g/mol. The van der Waals surface area contributed by atoms with Crippen molar-refractivity contribution < 1.29 is 9.50 Å². The SMILES string of the molecule is CCn1cc(-c2cn[nH]c2)c2cc(C#CC(C)(C)O)cc(F)c21. The van der Waals surface area contributed by atoms with Gasteiger partial charge in [0.1, 0.15) is 11.4 Å². The first kappa shape index (κ1) is 15.3. The minimum atomic E-state index is -1.12. The second-order valence-electron chi connectivity index (χ2n) is 5.98. The maximum atomic E-state index is 14.6. The molecule has 0 amide bonds. The maximum absolute atomic E-state index is 14.6. The van der Waals surface area contributed by atoms with E-state index in [2.05, 4.69) is 22.0 Å². The molecular formula is C18H18FN3O. The number of aromatic amines is 1. The van der Waals surface area contributed by atoms with Gasteiger partial charge in [-0.15, -0.1) is 0 Å². The number of H-pyrrole nitrogens is 1. The highest BCUT2D eigenvalue weighted by Gasteiger charge is 2.15. The predicted octanol–water partition coefficient (Wildman–Crippen LogP) is 3.31. The molecule has 3 aromatic rings. The summed E-state index contributed by atoms with van der Waals surface area (Å²) in [6.45, 7) is 5.83. The van der Waals surface area contributed by atoms with E-state index in [0.29, 0.717) is 17.6 Å². The summed E-state index contributed by atoms with van der Waals surface area (Å²) in [6.07, 6.45) is 5.41. The Morgan fingerprint density at radius 2 is 2.17 bits per heavy atom. The monoisotopic (exact) mass is 311 g/mol. The average molecular weight is 311 g/mol. The van der Waals surface area contributed by atoms with Crippen LogP contribution in [0.25, 0.3) is 22.0 Å². The summed E-state index contributed by atoms with van der Waals surface area (Å²) in [6, 6.07) is 3.26. The molecule has 0 spiro atoms. The van der Waals surface area contributed by atoms with Gasteiger partial charge in [-0.3, -0.25) is 5.10 Å². The van der Waals surface area contributed by atoms with Crippen molar-refractivity contribution in [1.29, 1.82) is 0 Å². The van der Waals surface area contributed by atoms with Crippen LogP contribution < -0.4 is 0 Å². The number of nitrogens with zero attached hydrogens (tertiary/aromatic N) is 2. The minimum Gasteiger partial charge on any atom is -0.378 e. The first-order chi connectivity index (χ1) is 10.9. The summed E-state index contributed by atoms with van der Waals surface area (Å²) in [4.78, 5) is 0. The Labute approximate surface area is 134 Å². The standard InChI is InChI=1S/C18H18FN3O/c1-4-22-11-15(13-9-20-21-10-13)14-7-12(5-6-18(2,3)23)8-16(19)17(14)22/h7-11,23H,4H2,1-3H3,(H,20,21). The molecule has 0 aliphatic rings. The van der Waals surface area contributed by atoms with Gasteiger partial charge in [-0.25, -0.2) is 4.39 Å². The molecule has 0 bridgehead atoms. The summed E-state index contributed by atoms with van der Waals surface area (Å²) in [5.41, 5.74) is 1.78. The highest BCUT2D eigenvalue weighted by molar-refractivity contribution is 5.97.